The average molecular weight is 341 g/mol. The van der Waals surface area contributed by atoms with Crippen LogP contribution in [0.4, 0.5) is 4.79 Å². The van der Waals surface area contributed by atoms with Crippen molar-refractivity contribution in [3.05, 3.63) is 0 Å². The molecule has 0 aromatic carbocycles. The predicted octanol–water partition coefficient (Wildman–Crippen LogP) is 0.768. The minimum absolute atomic E-state index is 0.0615. The monoisotopic (exact) mass is 341 g/mol. The smallest absolute Gasteiger partial charge is 0.327 e. The molecular weight excluding hydrogens is 310 g/mol. The van der Waals surface area contributed by atoms with E-state index in [4.69, 9.17) is 4.74 Å². The lowest BCUT2D eigenvalue weighted by Crippen LogP contribution is -2.58. The molecule has 7 nitrogen and oxygen atoms in total. The van der Waals surface area contributed by atoms with Crippen LogP contribution in [0.25, 0.3) is 0 Å². The number of ether oxygens (including phenoxy) is 1. The standard InChI is InChI=1S/C17H31N3O4/c1-13(2)11-19-15(22)17(20(16(19)23)9-10-24-4)5-7-18(8-6-17)14(3)12-21/h13-14,21H,5-12H2,1-4H3/t14-/m1/s1. The molecule has 2 aliphatic rings. The SMILES string of the molecule is COCCN1C(=O)N(CC(C)C)C(=O)C12CCN([C@H](C)CO)CC2. The van der Waals surface area contributed by atoms with Crippen molar-refractivity contribution >= 4 is 11.9 Å². The highest BCUT2D eigenvalue weighted by Gasteiger charge is 2.57. The Bertz CT molecular complexity index is 461. The fourth-order valence-corrected chi connectivity index (χ4v) is 3.73. The third-order valence-electron chi connectivity index (χ3n) is 5.20. The van der Waals surface area contributed by atoms with E-state index in [1.54, 1.807) is 12.0 Å². The number of hydrogen-bond donors (Lipinski definition) is 1. The highest BCUT2D eigenvalue weighted by Crippen LogP contribution is 2.37. The van der Waals surface area contributed by atoms with E-state index in [9.17, 15) is 14.7 Å². The Morgan fingerprint density at radius 1 is 1.21 bits per heavy atom. The average Bonchev–Trinajstić information content (AvgIpc) is 2.75. The van der Waals surface area contributed by atoms with Gasteiger partial charge in [-0.3, -0.25) is 14.6 Å². The summed E-state index contributed by atoms with van der Waals surface area (Å²) >= 11 is 0. The number of hydrogen-bond acceptors (Lipinski definition) is 5. The van der Waals surface area contributed by atoms with Gasteiger partial charge in [0.05, 0.1) is 13.2 Å². The molecule has 1 N–H and O–H groups in total. The summed E-state index contributed by atoms with van der Waals surface area (Å²) in [6.07, 6.45) is 1.22. The Morgan fingerprint density at radius 3 is 2.33 bits per heavy atom. The van der Waals surface area contributed by atoms with Crippen molar-refractivity contribution in [1.82, 2.24) is 14.7 Å². The first-order chi connectivity index (χ1) is 11.4. The molecule has 7 heteroatoms. The molecule has 1 atom stereocenters. The van der Waals surface area contributed by atoms with Crippen LogP contribution in [0.3, 0.4) is 0 Å². The van der Waals surface area contributed by atoms with E-state index in [0.717, 1.165) is 0 Å². The minimum atomic E-state index is -0.740. The van der Waals surface area contributed by atoms with Gasteiger partial charge in [-0.15, -0.1) is 0 Å². The van der Waals surface area contributed by atoms with E-state index in [-0.39, 0.29) is 30.5 Å². The number of amides is 3. The maximum absolute atomic E-state index is 13.1. The maximum atomic E-state index is 13.1. The van der Waals surface area contributed by atoms with Gasteiger partial charge in [0.25, 0.3) is 5.91 Å². The molecule has 2 rings (SSSR count). The lowest BCUT2D eigenvalue weighted by Gasteiger charge is -2.43. The topological polar surface area (TPSA) is 73.3 Å². The summed E-state index contributed by atoms with van der Waals surface area (Å²) in [5.41, 5.74) is -0.740. The molecule has 1 spiro atoms. The normalized spacial score (nSPS) is 22.9. The number of imide groups is 1. The Balaban J connectivity index is 2.21. The van der Waals surface area contributed by atoms with Crippen LogP contribution in [-0.2, 0) is 9.53 Å². The van der Waals surface area contributed by atoms with Gasteiger partial charge in [-0.05, 0) is 25.7 Å². The summed E-state index contributed by atoms with van der Waals surface area (Å²) in [6.45, 7) is 8.84. The molecule has 0 aromatic rings. The Hall–Kier alpha value is -1.18. The van der Waals surface area contributed by atoms with Gasteiger partial charge in [-0.1, -0.05) is 13.8 Å². The number of rotatable bonds is 7. The highest BCUT2D eigenvalue weighted by molar-refractivity contribution is 6.07. The van der Waals surface area contributed by atoms with E-state index in [1.807, 2.05) is 20.8 Å². The third kappa shape index (κ3) is 3.43. The van der Waals surface area contributed by atoms with E-state index < -0.39 is 5.54 Å². The third-order valence-corrected chi connectivity index (χ3v) is 5.20. The van der Waals surface area contributed by atoms with Crippen molar-refractivity contribution in [2.75, 3.05) is 46.5 Å². The first-order valence-electron chi connectivity index (χ1n) is 8.84. The molecule has 2 aliphatic heterocycles. The number of carbonyl (C=O) groups excluding carboxylic acids is 2. The fraction of sp³-hybridized carbons (Fsp3) is 0.882. The van der Waals surface area contributed by atoms with Crippen LogP contribution in [-0.4, -0.2) is 89.8 Å². The Labute approximate surface area is 144 Å². The van der Waals surface area contributed by atoms with Crippen molar-refractivity contribution in [2.24, 2.45) is 5.92 Å². The molecule has 2 heterocycles. The van der Waals surface area contributed by atoms with E-state index in [0.29, 0.717) is 45.6 Å². The minimum Gasteiger partial charge on any atom is -0.395 e. The summed E-state index contributed by atoms with van der Waals surface area (Å²) in [6, 6.07) is -0.108. The molecule has 0 aromatic heterocycles. The number of methoxy groups -OCH3 is 1. The summed E-state index contributed by atoms with van der Waals surface area (Å²) in [7, 11) is 1.60. The lowest BCUT2D eigenvalue weighted by molar-refractivity contribution is -0.136. The Kier molecular flexibility index (Phi) is 6.22. The first kappa shape index (κ1) is 19.1. The molecule has 0 radical (unpaired) electrons. The van der Waals surface area contributed by atoms with Crippen molar-refractivity contribution in [2.45, 2.75) is 45.2 Å². The molecule has 2 fully saturated rings. The molecule has 0 unspecified atom stereocenters. The second kappa shape index (κ2) is 7.80. The highest BCUT2D eigenvalue weighted by atomic mass is 16.5. The van der Waals surface area contributed by atoms with Crippen molar-refractivity contribution in [3.63, 3.8) is 0 Å². The number of likely N-dealkylation sites (tertiary alicyclic amines) is 1. The van der Waals surface area contributed by atoms with Gasteiger partial charge in [-0.25, -0.2) is 4.79 Å². The number of aliphatic hydroxyl groups is 1. The predicted molar refractivity (Wildman–Crippen MR) is 90.6 cm³/mol. The molecule has 0 aliphatic carbocycles. The zero-order chi connectivity index (χ0) is 17.9. The van der Waals surface area contributed by atoms with Crippen LogP contribution < -0.4 is 0 Å². The largest absolute Gasteiger partial charge is 0.395 e. The van der Waals surface area contributed by atoms with Crippen LogP contribution in [0.1, 0.15) is 33.6 Å². The van der Waals surface area contributed by atoms with Crippen LogP contribution in [0.5, 0.6) is 0 Å². The molecule has 0 bridgehead atoms. The van der Waals surface area contributed by atoms with E-state index in [1.165, 1.54) is 4.90 Å². The number of carbonyl (C=O) groups is 2. The van der Waals surface area contributed by atoms with Gasteiger partial charge >= 0.3 is 6.03 Å². The van der Waals surface area contributed by atoms with Gasteiger partial charge in [-0.2, -0.15) is 0 Å². The molecular formula is C17H31N3O4. The Morgan fingerprint density at radius 2 is 1.83 bits per heavy atom. The van der Waals surface area contributed by atoms with Gasteiger partial charge in [0.2, 0.25) is 0 Å². The quantitative estimate of drug-likeness (QED) is 0.693. The van der Waals surface area contributed by atoms with Crippen LogP contribution in [0.15, 0.2) is 0 Å². The zero-order valence-corrected chi connectivity index (χ0v) is 15.3. The second-order valence-electron chi connectivity index (χ2n) is 7.34. The zero-order valence-electron chi connectivity index (χ0n) is 15.3. The molecule has 24 heavy (non-hydrogen) atoms. The molecule has 0 saturated carbocycles. The number of piperidine rings is 1. The van der Waals surface area contributed by atoms with Gasteiger partial charge in [0.1, 0.15) is 5.54 Å². The number of aliphatic hydroxyl groups excluding tert-OH is 1. The second-order valence-corrected chi connectivity index (χ2v) is 7.34. The summed E-state index contributed by atoms with van der Waals surface area (Å²) in [5.74, 6) is 0.181. The van der Waals surface area contributed by atoms with E-state index in [2.05, 4.69) is 4.90 Å². The summed E-state index contributed by atoms with van der Waals surface area (Å²) in [4.78, 5) is 31.3. The number of nitrogens with zero attached hydrogens (tertiary/aromatic N) is 3. The van der Waals surface area contributed by atoms with Crippen LogP contribution in [0.2, 0.25) is 0 Å². The summed E-state index contributed by atoms with van der Waals surface area (Å²) in [5, 5.41) is 9.35. The maximum Gasteiger partial charge on any atom is 0.327 e. The molecule has 2 saturated heterocycles. The summed E-state index contributed by atoms with van der Waals surface area (Å²) < 4.78 is 5.15. The lowest BCUT2D eigenvalue weighted by atomic mass is 9.85. The first-order valence-corrected chi connectivity index (χ1v) is 8.84. The van der Waals surface area contributed by atoms with E-state index >= 15 is 0 Å². The molecule has 3 amide bonds. The van der Waals surface area contributed by atoms with Gasteiger partial charge in [0, 0.05) is 39.3 Å². The van der Waals surface area contributed by atoms with Crippen molar-refractivity contribution in [3.8, 4) is 0 Å². The van der Waals surface area contributed by atoms with Crippen molar-refractivity contribution < 1.29 is 19.4 Å². The van der Waals surface area contributed by atoms with Crippen molar-refractivity contribution in [1.29, 1.82) is 0 Å². The van der Waals surface area contributed by atoms with Crippen LogP contribution in [0, 0.1) is 5.92 Å². The number of urea groups is 1. The van der Waals surface area contributed by atoms with Crippen LogP contribution >= 0.6 is 0 Å². The molecule has 138 valence electrons. The van der Waals surface area contributed by atoms with Gasteiger partial charge in [0.15, 0.2) is 0 Å². The van der Waals surface area contributed by atoms with Gasteiger partial charge < -0.3 is 14.7 Å². The fourth-order valence-electron chi connectivity index (χ4n) is 3.73.